The van der Waals surface area contributed by atoms with Crippen molar-refractivity contribution in [3.63, 3.8) is 0 Å². The smallest absolute Gasteiger partial charge is 0.434 e. The molecular weight excluding hydrogens is 492 g/mol. The van der Waals surface area contributed by atoms with Gasteiger partial charge >= 0.3 is 6.16 Å². The van der Waals surface area contributed by atoms with Gasteiger partial charge in [0, 0.05) is 0 Å². The van der Waals surface area contributed by atoms with Gasteiger partial charge in [0.1, 0.15) is 0 Å². The second-order valence-corrected chi connectivity index (χ2v) is 12.2. The lowest BCUT2D eigenvalue weighted by Gasteiger charge is -2.06. The zero-order valence-electron chi connectivity index (χ0n) is 27.5. The van der Waals surface area contributed by atoms with E-state index in [1.807, 2.05) is 0 Å². The third kappa shape index (κ3) is 35.0. The second-order valence-electron chi connectivity index (χ2n) is 12.2. The topological polar surface area (TPSA) is 35.5 Å². The number of hydrogen-bond donors (Lipinski definition) is 0. The number of ether oxygens (including phenoxy) is 2. The molecule has 0 aliphatic heterocycles. The van der Waals surface area contributed by atoms with Gasteiger partial charge in [0.05, 0.1) is 13.2 Å². The largest absolute Gasteiger partial charge is 0.508 e. The first-order chi connectivity index (χ1) is 19.8. The Balaban J connectivity index is 3.19. The van der Waals surface area contributed by atoms with Crippen LogP contribution in [0.2, 0.25) is 0 Å². The van der Waals surface area contributed by atoms with Crippen molar-refractivity contribution in [2.24, 2.45) is 0 Å². The van der Waals surface area contributed by atoms with Crippen LogP contribution in [0.3, 0.4) is 0 Å². The predicted molar refractivity (Wildman–Crippen MR) is 176 cm³/mol. The number of unbranched alkanes of at least 4 members (excludes halogenated alkanes) is 27. The van der Waals surface area contributed by atoms with Crippen molar-refractivity contribution in [3.8, 4) is 0 Å². The quantitative estimate of drug-likeness (QED) is 0.0451. The highest BCUT2D eigenvalue weighted by Crippen LogP contribution is 2.14. The van der Waals surface area contributed by atoms with Gasteiger partial charge in [-0.25, -0.2) is 4.79 Å². The number of hydrogen-bond acceptors (Lipinski definition) is 3. The van der Waals surface area contributed by atoms with Crippen LogP contribution in [0.15, 0.2) is 12.2 Å². The number of rotatable bonds is 33. The fourth-order valence-electron chi connectivity index (χ4n) is 5.35. The fourth-order valence-corrected chi connectivity index (χ4v) is 5.35. The van der Waals surface area contributed by atoms with Crippen LogP contribution in [0.5, 0.6) is 0 Å². The van der Waals surface area contributed by atoms with Gasteiger partial charge in [-0.2, -0.15) is 0 Å². The van der Waals surface area contributed by atoms with Crippen LogP contribution in [0, 0.1) is 0 Å². The van der Waals surface area contributed by atoms with Crippen LogP contribution in [-0.2, 0) is 9.47 Å². The highest BCUT2D eigenvalue weighted by molar-refractivity contribution is 5.59. The molecule has 0 saturated carbocycles. The minimum atomic E-state index is -0.478. The van der Waals surface area contributed by atoms with E-state index in [9.17, 15) is 4.79 Å². The molecule has 3 heteroatoms. The summed E-state index contributed by atoms with van der Waals surface area (Å²) in [4.78, 5) is 11.7. The average Bonchev–Trinajstić information content (AvgIpc) is 2.96. The lowest BCUT2D eigenvalue weighted by atomic mass is 10.0. The molecule has 3 nitrogen and oxygen atoms in total. The summed E-state index contributed by atoms with van der Waals surface area (Å²) in [5, 5.41) is 0. The van der Waals surface area contributed by atoms with Crippen molar-refractivity contribution in [1.82, 2.24) is 0 Å². The van der Waals surface area contributed by atoms with E-state index in [2.05, 4.69) is 26.0 Å². The molecule has 0 bridgehead atoms. The standard InChI is InChI=1S/C37H72O3/c1-3-5-7-9-11-13-15-17-19-20-21-22-24-26-28-30-32-34-36-40-37(38)39-35-33-31-29-27-25-23-18-16-14-12-10-8-6-4-2/h20-21H,3-19,22-36H2,1-2H3. The van der Waals surface area contributed by atoms with E-state index in [0.717, 1.165) is 25.7 Å². The van der Waals surface area contributed by atoms with Crippen molar-refractivity contribution < 1.29 is 14.3 Å². The summed E-state index contributed by atoms with van der Waals surface area (Å²) in [6.45, 7) is 5.57. The van der Waals surface area contributed by atoms with Gasteiger partial charge in [0.15, 0.2) is 0 Å². The van der Waals surface area contributed by atoms with Crippen LogP contribution < -0.4 is 0 Å². The number of carbonyl (C=O) groups is 1. The first-order valence-electron chi connectivity index (χ1n) is 18.3. The first kappa shape index (κ1) is 39.0. The van der Waals surface area contributed by atoms with E-state index in [-0.39, 0.29) is 0 Å². The fraction of sp³-hybridized carbons (Fsp3) is 0.919. The molecular formula is C37H72O3. The summed E-state index contributed by atoms with van der Waals surface area (Å²) in [5.74, 6) is 0. The van der Waals surface area contributed by atoms with Crippen molar-refractivity contribution in [3.05, 3.63) is 12.2 Å². The molecule has 0 heterocycles. The molecule has 0 amide bonds. The molecule has 0 aromatic carbocycles. The molecule has 238 valence electrons. The monoisotopic (exact) mass is 565 g/mol. The Bertz CT molecular complexity index is 502. The van der Waals surface area contributed by atoms with Gasteiger partial charge < -0.3 is 9.47 Å². The van der Waals surface area contributed by atoms with Gasteiger partial charge in [-0.1, -0.05) is 180 Å². The van der Waals surface area contributed by atoms with Crippen LogP contribution >= 0.6 is 0 Å². The average molecular weight is 565 g/mol. The molecule has 0 atom stereocenters. The molecule has 0 unspecified atom stereocenters. The lowest BCUT2D eigenvalue weighted by Crippen LogP contribution is -2.09. The van der Waals surface area contributed by atoms with E-state index in [4.69, 9.17) is 9.47 Å². The van der Waals surface area contributed by atoms with Gasteiger partial charge in [0.25, 0.3) is 0 Å². The Morgan fingerprint density at radius 2 is 0.625 bits per heavy atom. The normalized spacial score (nSPS) is 11.4. The van der Waals surface area contributed by atoms with Gasteiger partial charge in [0.2, 0.25) is 0 Å². The summed E-state index contributed by atoms with van der Waals surface area (Å²) in [6, 6.07) is 0. The minimum absolute atomic E-state index is 0.478. The Labute approximate surface area is 252 Å². The summed E-state index contributed by atoms with van der Waals surface area (Å²) in [5.41, 5.74) is 0. The Kier molecular flexibility index (Phi) is 35.1. The maximum atomic E-state index is 11.7. The second kappa shape index (κ2) is 36.0. The van der Waals surface area contributed by atoms with Gasteiger partial charge in [-0.3, -0.25) is 0 Å². The summed E-state index contributed by atoms with van der Waals surface area (Å²) in [7, 11) is 0. The maximum absolute atomic E-state index is 11.7. The van der Waals surface area contributed by atoms with Crippen LogP contribution in [-0.4, -0.2) is 19.4 Å². The molecule has 0 fully saturated rings. The molecule has 0 N–H and O–H groups in total. The molecule has 0 aliphatic rings. The predicted octanol–water partition coefficient (Wildman–Crippen LogP) is 13.4. The van der Waals surface area contributed by atoms with Crippen molar-refractivity contribution in [1.29, 1.82) is 0 Å². The van der Waals surface area contributed by atoms with Crippen molar-refractivity contribution >= 4 is 6.16 Å². The van der Waals surface area contributed by atoms with Crippen molar-refractivity contribution in [2.45, 2.75) is 206 Å². The van der Waals surface area contributed by atoms with Crippen LogP contribution in [0.25, 0.3) is 0 Å². The Morgan fingerprint density at radius 3 is 0.925 bits per heavy atom. The minimum Gasteiger partial charge on any atom is -0.434 e. The van der Waals surface area contributed by atoms with E-state index >= 15 is 0 Å². The third-order valence-corrected chi connectivity index (χ3v) is 8.09. The maximum Gasteiger partial charge on any atom is 0.508 e. The molecule has 0 aliphatic carbocycles. The summed E-state index contributed by atoms with van der Waals surface area (Å²) < 4.78 is 10.4. The summed E-state index contributed by atoms with van der Waals surface area (Å²) in [6.07, 6.45) is 44.0. The molecule has 0 saturated heterocycles. The Morgan fingerprint density at radius 1 is 0.375 bits per heavy atom. The molecule has 0 radical (unpaired) electrons. The van der Waals surface area contributed by atoms with Crippen LogP contribution in [0.1, 0.15) is 206 Å². The SMILES string of the molecule is CCCCCCCCCCC=CCCCCCCCCOC(=O)OCCCCCCCCCCCCCCCC. The molecule has 40 heavy (non-hydrogen) atoms. The molecule has 0 spiro atoms. The first-order valence-corrected chi connectivity index (χ1v) is 18.3. The van der Waals surface area contributed by atoms with Crippen LogP contribution in [0.4, 0.5) is 4.79 Å². The van der Waals surface area contributed by atoms with Gasteiger partial charge in [-0.15, -0.1) is 0 Å². The third-order valence-electron chi connectivity index (χ3n) is 8.09. The van der Waals surface area contributed by atoms with E-state index in [1.165, 1.54) is 167 Å². The molecule has 0 aromatic rings. The van der Waals surface area contributed by atoms with E-state index in [0.29, 0.717) is 13.2 Å². The molecule has 0 rings (SSSR count). The van der Waals surface area contributed by atoms with E-state index in [1.54, 1.807) is 0 Å². The highest BCUT2D eigenvalue weighted by atomic mass is 16.7. The molecule has 0 aromatic heterocycles. The highest BCUT2D eigenvalue weighted by Gasteiger charge is 2.03. The Hall–Kier alpha value is -0.990. The number of carbonyl (C=O) groups excluding carboxylic acids is 1. The van der Waals surface area contributed by atoms with Gasteiger partial charge in [-0.05, 0) is 38.5 Å². The lowest BCUT2D eigenvalue weighted by molar-refractivity contribution is 0.0529. The number of allylic oxidation sites excluding steroid dienone is 2. The zero-order chi connectivity index (χ0) is 29.0. The summed E-state index contributed by atoms with van der Waals surface area (Å²) >= 11 is 0. The zero-order valence-corrected chi connectivity index (χ0v) is 27.5. The van der Waals surface area contributed by atoms with Crippen molar-refractivity contribution in [2.75, 3.05) is 13.2 Å². The van der Waals surface area contributed by atoms with E-state index < -0.39 is 6.16 Å².